The highest BCUT2D eigenvalue weighted by molar-refractivity contribution is 5.81. The van der Waals surface area contributed by atoms with E-state index < -0.39 is 47.4 Å². The zero-order valence-electron chi connectivity index (χ0n) is 21.1. The number of rotatable bonds is 14. The van der Waals surface area contributed by atoms with Gasteiger partial charge in [-0.25, -0.2) is 19.2 Å². The molecule has 0 heterocycles. The van der Waals surface area contributed by atoms with E-state index in [-0.39, 0.29) is 32.8 Å². The van der Waals surface area contributed by atoms with Crippen molar-refractivity contribution in [2.24, 2.45) is 0 Å². The topological polar surface area (TPSA) is 170 Å². The van der Waals surface area contributed by atoms with Gasteiger partial charge in [0.1, 0.15) is 13.2 Å². The molecule has 4 atom stereocenters. The van der Waals surface area contributed by atoms with Crippen LogP contribution in [0.5, 0.6) is 0 Å². The standard InChI is InChI=1S/C25H38N2O10/c1-3-20(28)36-15-13-34-18-9-5-7-11-24(18,26-22(30)31)17-25(27-23(32)33)12-8-6-10-19(25)35-14-16-37-21(29)4-2/h3-4,18-19,26-27H,1-2,5-17H2,(H,30,31)(H,32,33). The Hall–Kier alpha value is -3.12. The van der Waals surface area contributed by atoms with Crippen molar-refractivity contribution in [1.29, 1.82) is 0 Å². The summed E-state index contributed by atoms with van der Waals surface area (Å²) in [6.45, 7) is 6.71. The van der Waals surface area contributed by atoms with Crippen molar-refractivity contribution in [2.45, 2.75) is 81.1 Å². The number of carboxylic acid groups (broad SMARTS) is 2. The zero-order chi connectivity index (χ0) is 27.3. The Morgan fingerprint density at radius 1 is 0.730 bits per heavy atom. The predicted octanol–water partition coefficient (Wildman–Crippen LogP) is 2.77. The molecule has 0 aromatic heterocycles. The SMILES string of the molecule is C=CC(=O)OCCOC1CCCCC1(CC1(NC(=O)O)CCCCC1OCCOC(=O)C=C)NC(=O)O. The number of ether oxygens (including phenoxy) is 4. The fraction of sp³-hybridized carbons (Fsp3) is 0.680. The number of esters is 2. The van der Waals surface area contributed by atoms with Crippen LogP contribution in [-0.4, -0.2) is 84.1 Å². The maximum absolute atomic E-state index is 12.0. The second-order valence-corrected chi connectivity index (χ2v) is 9.30. The Morgan fingerprint density at radius 3 is 1.49 bits per heavy atom. The summed E-state index contributed by atoms with van der Waals surface area (Å²) in [5.74, 6) is -1.18. The van der Waals surface area contributed by atoms with Crippen LogP contribution >= 0.6 is 0 Å². The summed E-state index contributed by atoms with van der Waals surface area (Å²) < 4.78 is 22.0. The third kappa shape index (κ3) is 9.04. The van der Waals surface area contributed by atoms with Gasteiger partial charge in [-0.1, -0.05) is 38.8 Å². The van der Waals surface area contributed by atoms with Gasteiger partial charge in [-0.05, 0) is 32.1 Å². The molecule has 4 N–H and O–H groups in total. The minimum absolute atomic E-state index is 0.0296. The highest BCUT2D eigenvalue weighted by Gasteiger charge is 2.53. The molecule has 37 heavy (non-hydrogen) atoms. The van der Waals surface area contributed by atoms with Gasteiger partial charge in [0.2, 0.25) is 0 Å². The molecule has 0 spiro atoms. The van der Waals surface area contributed by atoms with Gasteiger partial charge in [0.05, 0.1) is 36.5 Å². The molecule has 0 aromatic rings. The van der Waals surface area contributed by atoms with E-state index in [9.17, 15) is 29.4 Å². The molecular weight excluding hydrogens is 488 g/mol. The summed E-state index contributed by atoms with van der Waals surface area (Å²) in [6, 6.07) is 0. The maximum atomic E-state index is 12.0. The number of hydrogen-bond acceptors (Lipinski definition) is 8. The van der Waals surface area contributed by atoms with Gasteiger partial charge in [-0.3, -0.25) is 0 Å². The van der Waals surface area contributed by atoms with Crippen LogP contribution in [0.2, 0.25) is 0 Å². The fourth-order valence-electron chi connectivity index (χ4n) is 5.45. The lowest BCUT2D eigenvalue weighted by Crippen LogP contribution is -2.68. The quantitative estimate of drug-likeness (QED) is 0.150. The summed E-state index contributed by atoms with van der Waals surface area (Å²) in [4.78, 5) is 46.6. The summed E-state index contributed by atoms with van der Waals surface area (Å²) >= 11 is 0. The first-order valence-corrected chi connectivity index (χ1v) is 12.5. The number of amides is 2. The second kappa shape index (κ2) is 14.6. The number of carbonyl (C=O) groups is 4. The molecule has 2 rings (SSSR count). The van der Waals surface area contributed by atoms with Gasteiger partial charge in [0.15, 0.2) is 0 Å². The normalized spacial score (nSPS) is 27.4. The average molecular weight is 527 g/mol. The Bertz CT molecular complexity index is 768. The van der Waals surface area contributed by atoms with Crippen LogP contribution in [0.25, 0.3) is 0 Å². The molecule has 0 bridgehead atoms. The van der Waals surface area contributed by atoms with Crippen LogP contribution in [0.4, 0.5) is 9.59 Å². The minimum Gasteiger partial charge on any atom is -0.465 e. The van der Waals surface area contributed by atoms with Gasteiger partial charge >= 0.3 is 24.1 Å². The van der Waals surface area contributed by atoms with Crippen molar-refractivity contribution >= 4 is 24.1 Å². The first-order valence-electron chi connectivity index (χ1n) is 12.5. The lowest BCUT2D eigenvalue weighted by Gasteiger charge is -2.52. The van der Waals surface area contributed by atoms with Crippen LogP contribution in [0, 0.1) is 0 Å². The van der Waals surface area contributed by atoms with Crippen molar-refractivity contribution < 1.29 is 48.3 Å². The smallest absolute Gasteiger partial charge is 0.405 e. The number of hydrogen-bond donors (Lipinski definition) is 4. The van der Waals surface area contributed by atoms with Gasteiger partial charge in [-0.15, -0.1) is 0 Å². The first-order chi connectivity index (χ1) is 17.7. The lowest BCUT2D eigenvalue weighted by atomic mass is 9.66. The molecule has 0 aliphatic heterocycles. The third-order valence-electron chi connectivity index (χ3n) is 6.88. The molecular formula is C25H38N2O10. The molecule has 12 heteroatoms. The molecule has 208 valence electrons. The van der Waals surface area contributed by atoms with E-state index in [1.807, 2.05) is 0 Å². The second-order valence-electron chi connectivity index (χ2n) is 9.30. The predicted molar refractivity (Wildman–Crippen MR) is 131 cm³/mol. The molecule has 2 fully saturated rings. The fourth-order valence-corrected chi connectivity index (χ4v) is 5.45. The van der Waals surface area contributed by atoms with Gasteiger partial charge < -0.3 is 39.8 Å². The zero-order valence-corrected chi connectivity index (χ0v) is 21.1. The van der Waals surface area contributed by atoms with E-state index >= 15 is 0 Å². The molecule has 4 unspecified atom stereocenters. The van der Waals surface area contributed by atoms with Crippen LogP contribution in [-0.2, 0) is 28.5 Å². The van der Waals surface area contributed by atoms with Crippen molar-refractivity contribution in [3.05, 3.63) is 25.3 Å². The first kappa shape index (κ1) is 30.1. The Morgan fingerprint density at radius 2 is 1.14 bits per heavy atom. The number of nitrogens with one attached hydrogen (secondary N) is 2. The van der Waals surface area contributed by atoms with E-state index in [4.69, 9.17) is 18.9 Å². The molecule has 2 aliphatic rings. The van der Waals surface area contributed by atoms with Gasteiger partial charge in [-0.2, -0.15) is 0 Å². The highest BCUT2D eigenvalue weighted by atomic mass is 16.6. The highest BCUT2D eigenvalue weighted by Crippen LogP contribution is 2.43. The summed E-state index contributed by atoms with van der Waals surface area (Å²) in [6.07, 6.45) is 3.53. The van der Waals surface area contributed by atoms with Gasteiger partial charge in [0, 0.05) is 12.2 Å². The Labute approximate surface area is 216 Å². The summed E-state index contributed by atoms with van der Waals surface area (Å²) in [5.41, 5.74) is -2.22. The maximum Gasteiger partial charge on any atom is 0.405 e. The Kier molecular flexibility index (Phi) is 11.9. The number of carbonyl (C=O) groups excluding carboxylic acids is 2. The van der Waals surface area contributed by atoms with Crippen LogP contribution in [0.3, 0.4) is 0 Å². The lowest BCUT2D eigenvalue weighted by molar-refractivity contribution is -0.142. The van der Waals surface area contributed by atoms with E-state index in [0.717, 1.165) is 37.8 Å². The summed E-state index contributed by atoms with van der Waals surface area (Å²) in [5, 5.41) is 24.8. The molecule has 2 amide bonds. The summed E-state index contributed by atoms with van der Waals surface area (Å²) in [7, 11) is 0. The van der Waals surface area contributed by atoms with E-state index in [1.165, 1.54) is 0 Å². The van der Waals surface area contributed by atoms with Crippen molar-refractivity contribution in [3.8, 4) is 0 Å². The molecule has 12 nitrogen and oxygen atoms in total. The van der Waals surface area contributed by atoms with E-state index in [2.05, 4.69) is 23.8 Å². The average Bonchev–Trinajstić information content (AvgIpc) is 2.85. The molecule has 0 saturated heterocycles. The third-order valence-corrected chi connectivity index (χ3v) is 6.88. The van der Waals surface area contributed by atoms with E-state index in [1.54, 1.807) is 0 Å². The molecule has 0 radical (unpaired) electrons. The van der Waals surface area contributed by atoms with Crippen molar-refractivity contribution in [1.82, 2.24) is 10.6 Å². The van der Waals surface area contributed by atoms with Crippen molar-refractivity contribution in [2.75, 3.05) is 26.4 Å². The minimum atomic E-state index is -1.25. The van der Waals surface area contributed by atoms with E-state index in [0.29, 0.717) is 25.7 Å². The van der Waals surface area contributed by atoms with Crippen molar-refractivity contribution in [3.63, 3.8) is 0 Å². The van der Waals surface area contributed by atoms with Crippen LogP contribution < -0.4 is 10.6 Å². The Balaban J connectivity index is 2.28. The monoisotopic (exact) mass is 526 g/mol. The largest absolute Gasteiger partial charge is 0.465 e. The molecule has 2 saturated carbocycles. The molecule has 2 aliphatic carbocycles. The van der Waals surface area contributed by atoms with Gasteiger partial charge in [0.25, 0.3) is 0 Å². The van der Waals surface area contributed by atoms with Crippen LogP contribution in [0.1, 0.15) is 57.8 Å². The molecule has 0 aromatic carbocycles. The van der Waals surface area contributed by atoms with Crippen LogP contribution in [0.15, 0.2) is 25.3 Å².